The molecule has 6 heteroatoms. The Morgan fingerprint density at radius 1 is 1.09 bits per heavy atom. The van der Waals surface area contributed by atoms with Crippen LogP contribution in [0.4, 0.5) is 0 Å². The topological polar surface area (TPSA) is 52.8 Å². The predicted molar refractivity (Wildman–Crippen MR) is 85.7 cm³/mol. The van der Waals surface area contributed by atoms with Crippen molar-refractivity contribution in [3.05, 3.63) is 53.8 Å². The molecule has 5 nitrogen and oxygen atoms in total. The zero-order chi connectivity index (χ0) is 15.1. The van der Waals surface area contributed by atoms with E-state index in [0.717, 1.165) is 10.8 Å². The van der Waals surface area contributed by atoms with Gasteiger partial charge in [-0.25, -0.2) is 9.97 Å². The van der Waals surface area contributed by atoms with Crippen LogP contribution in [0.15, 0.2) is 48.8 Å². The molecule has 0 bridgehead atoms. The lowest BCUT2D eigenvalue weighted by atomic mass is 10.2. The number of hydrogen-bond acceptors (Lipinski definition) is 4. The third kappa shape index (κ3) is 1.83. The second kappa shape index (κ2) is 4.96. The second-order valence-electron chi connectivity index (χ2n) is 4.76. The van der Waals surface area contributed by atoms with E-state index in [2.05, 4.69) is 10.1 Å². The molecule has 0 fully saturated rings. The van der Waals surface area contributed by atoms with Crippen LogP contribution in [-0.4, -0.2) is 26.9 Å². The lowest BCUT2D eigenvalue weighted by molar-refractivity contribution is 0.419. The van der Waals surface area contributed by atoms with Gasteiger partial charge in [-0.1, -0.05) is 29.8 Å². The highest BCUT2D eigenvalue weighted by Crippen LogP contribution is 2.34. The van der Waals surface area contributed by atoms with E-state index in [4.69, 9.17) is 21.3 Å². The number of methoxy groups -OCH3 is 1. The van der Waals surface area contributed by atoms with Gasteiger partial charge in [0, 0.05) is 11.6 Å². The lowest BCUT2D eigenvalue weighted by Gasteiger charge is -2.07. The van der Waals surface area contributed by atoms with E-state index in [9.17, 15) is 0 Å². The number of hydrogen-bond donors (Lipinski definition) is 0. The summed E-state index contributed by atoms with van der Waals surface area (Å²) in [6, 6.07) is 11.3. The van der Waals surface area contributed by atoms with Gasteiger partial charge in [-0.2, -0.15) is 9.78 Å². The minimum atomic E-state index is 0.612. The Balaban J connectivity index is 2.11. The summed E-state index contributed by atoms with van der Waals surface area (Å²) in [5, 5.41) is 6.61. The van der Waals surface area contributed by atoms with E-state index >= 15 is 0 Å². The van der Waals surface area contributed by atoms with Crippen molar-refractivity contribution in [1.29, 1.82) is 0 Å². The first-order valence-corrected chi connectivity index (χ1v) is 7.09. The summed E-state index contributed by atoms with van der Waals surface area (Å²) in [6.07, 6.45) is 3.42. The van der Waals surface area contributed by atoms with Gasteiger partial charge in [-0.15, -0.1) is 0 Å². The molecule has 1 aromatic carbocycles. The molecule has 0 radical (unpaired) electrons. The Bertz CT molecular complexity index is 982. The van der Waals surface area contributed by atoms with E-state index in [0.29, 0.717) is 27.8 Å². The van der Waals surface area contributed by atoms with Gasteiger partial charge in [-0.05, 0) is 18.2 Å². The molecule has 3 aromatic heterocycles. The highest BCUT2D eigenvalue weighted by atomic mass is 35.5. The Morgan fingerprint density at radius 2 is 2.00 bits per heavy atom. The molecule has 0 aliphatic rings. The molecule has 4 aromatic rings. The molecule has 22 heavy (non-hydrogen) atoms. The molecule has 108 valence electrons. The lowest BCUT2D eigenvalue weighted by Crippen LogP contribution is -2.00. The highest BCUT2D eigenvalue weighted by molar-refractivity contribution is 6.40. The maximum absolute atomic E-state index is 6.53. The van der Waals surface area contributed by atoms with Crippen LogP contribution in [-0.2, 0) is 0 Å². The number of halogens is 1. The van der Waals surface area contributed by atoms with E-state index in [1.54, 1.807) is 24.2 Å². The Kier molecular flexibility index (Phi) is 2.94. The van der Waals surface area contributed by atoms with Gasteiger partial charge in [-0.3, -0.25) is 0 Å². The molecule has 0 saturated heterocycles. The quantitative estimate of drug-likeness (QED) is 0.567. The van der Waals surface area contributed by atoms with Crippen LogP contribution in [0, 0.1) is 0 Å². The van der Waals surface area contributed by atoms with Gasteiger partial charge in [0.2, 0.25) is 0 Å². The summed E-state index contributed by atoms with van der Waals surface area (Å²) in [6.45, 7) is 0. The van der Waals surface area contributed by atoms with Crippen molar-refractivity contribution in [2.45, 2.75) is 0 Å². The van der Waals surface area contributed by atoms with Crippen molar-refractivity contribution >= 4 is 33.5 Å². The Morgan fingerprint density at radius 3 is 2.77 bits per heavy atom. The van der Waals surface area contributed by atoms with Crippen LogP contribution in [0.3, 0.4) is 0 Å². The third-order valence-corrected chi connectivity index (χ3v) is 3.93. The fourth-order valence-electron chi connectivity index (χ4n) is 2.48. The molecular formula is C16H11ClN4O. The highest BCUT2D eigenvalue weighted by Gasteiger charge is 2.15. The minimum absolute atomic E-state index is 0.612. The Labute approximate surface area is 131 Å². The molecule has 4 rings (SSSR count). The van der Waals surface area contributed by atoms with Gasteiger partial charge in [0.25, 0.3) is 0 Å². The van der Waals surface area contributed by atoms with Crippen LogP contribution >= 0.6 is 11.6 Å². The molecule has 0 saturated carbocycles. The predicted octanol–water partition coefficient (Wildman–Crippen LogP) is 3.63. The van der Waals surface area contributed by atoms with Gasteiger partial charge in [0.05, 0.1) is 23.7 Å². The number of ether oxygens (including phenoxy) is 1. The van der Waals surface area contributed by atoms with E-state index in [1.165, 1.54) is 0 Å². The zero-order valence-electron chi connectivity index (χ0n) is 11.7. The number of para-hydroxylation sites is 1. The number of benzene rings is 1. The maximum Gasteiger partial charge on any atom is 0.166 e. The van der Waals surface area contributed by atoms with E-state index in [-0.39, 0.29) is 0 Å². The normalized spacial score (nSPS) is 11.2. The Hall–Kier alpha value is -2.66. The van der Waals surface area contributed by atoms with Gasteiger partial charge >= 0.3 is 0 Å². The number of fused-ring (bicyclic) bond motifs is 2. The van der Waals surface area contributed by atoms with Crippen LogP contribution in [0.2, 0.25) is 5.02 Å². The maximum atomic E-state index is 6.53. The number of rotatable bonds is 2. The van der Waals surface area contributed by atoms with Crippen LogP contribution in [0.1, 0.15) is 0 Å². The van der Waals surface area contributed by atoms with E-state index < -0.39 is 0 Å². The van der Waals surface area contributed by atoms with Crippen molar-refractivity contribution in [2.24, 2.45) is 0 Å². The molecule has 0 unspecified atom stereocenters. The first-order chi connectivity index (χ1) is 10.8. The van der Waals surface area contributed by atoms with Gasteiger partial charge in [0.15, 0.2) is 11.5 Å². The van der Waals surface area contributed by atoms with Gasteiger partial charge in [0.1, 0.15) is 11.3 Å². The average molecular weight is 311 g/mol. The summed E-state index contributed by atoms with van der Waals surface area (Å²) in [5.74, 6) is 1.37. The molecule has 0 N–H and O–H groups in total. The fourth-order valence-corrected chi connectivity index (χ4v) is 2.77. The molecular weight excluding hydrogens is 300 g/mol. The van der Waals surface area contributed by atoms with E-state index in [1.807, 2.05) is 36.4 Å². The minimum Gasteiger partial charge on any atom is -0.494 e. The molecule has 3 heterocycles. The number of aromatic nitrogens is 4. The van der Waals surface area contributed by atoms with Crippen molar-refractivity contribution in [1.82, 2.24) is 19.7 Å². The molecule has 0 amide bonds. The standard InChI is InChI=1S/C16H11ClN4O/c1-22-12-6-4-5-10-14(17)11-9-19-21(16(11)20-15(10)12)13-7-2-3-8-18-13/h2-9H,1H3. The van der Waals surface area contributed by atoms with Crippen molar-refractivity contribution in [3.63, 3.8) is 0 Å². The molecule has 0 spiro atoms. The third-order valence-electron chi connectivity index (χ3n) is 3.52. The zero-order valence-corrected chi connectivity index (χ0v) is 12.4. The summed E-state index contributed by atoms with van der Waals surface area (Å²) in [5.41, 5.74) is 1.36. The smallest absolute Gasteiger partial charge is 0.166 e. The number of pyridine rings is 2. The first-order valence-electron chi connectivity index (χ1n) is 6.71. The largest absolute Gasteiger partial charge is 0.494 e. The summed E-state index contributed by atoms with van der Waals surface area (Å²) in [4.78, 5) is 9.01. The van der Waals surface area contributed by atoms with Crippen LogP contribution in [0.25, 0.3) is 27.8 Å². The average Bonchev–Trinajstić information content (AvgIpc) is 2.99. The fraction of sp³-hybridized carbons (Fsp3) is 0.0625. The van der Waals surface area contributed by atoms with Gasteiger partial charge < -0.3 is 4.74 Å². The molecule has 0 aliphatic heterocycles. The SMILES string of the molecule is COc1cccc2c(Cl)c3cnn(-c4ccccn4)c3nc12. The van der Waals surface area contributed by atoms with Crippen LogP contribution < -0.4 is 4.74 Å². The van der Waals surface area contributed by atoms with Crippen molar-refractivity contribution in [3.8, 4) is 11.6 Å². The number of nitrogens with zero attached hydrogens (tertiary/aromatic N) is 4. The summed E-state index contributed by atoms with van der Waals surface area (Å²) < 4.78 is 7.06. The van der Waals surface area contributed by atoms with Crippen LogP contribution in [0.5, 0.6) is 5.75 Å². The molecule has 0 aliphatic carbocycles. The van der Waals surface area contributed by atoms with Crippen molar-refractivity contribution in [2.75, 3.05) is 7.11 Å². The first kappa shape index (κ1) is 13.0. The second-order valence-corrected chi connectivity index (χ2v) is 5.14. The summed E-state index contributed by atoms with van der Waals surface area (Å²) >= 11 is 6.53. The monoisotopic (exact) mass is 310 g/mol. The molecule has 0 atom stereocenters. The van der Waals surface area contributed by atoms with Crippen molar-refractivity contribution < 1.29 is 4.74 Å². The summed E-state index contributed by atoms with van der Waals surface area (Å²) in [7, 11) is 1.62.